The van der Waals surface area contributed by atoms with Crippen molar-refractivity contribution in [2.45, 2.75) is 11.3 Å². The molecule has 0 spiro atoms. The van der Waals surface area contributed by atoms with Crippen LogP contribution in [0.3, 0.4) is 0 Å². The molecule has 0 bridgehead atoms. The maximum atomic E-state index is 8.85. The molecule has 1 nitrogen and oxygen atoms in total. The maximum absolute atomic E-state index is 8.85. The molecule has 86 valence electrons. The molecule has 5 heteroatoms. The summed E-state index contributed by atoms with van der Waals surface area (Å²) < 4.78 is 2.13. The van der Waals surface area contributed by atoms with Gasteiger partial charge in [0.2, 0.25) is 0 Å². The van der Waals surface area contributed by atoms with Gasteiger partial charge in [0.15, 0.2) is 0 Å². The van der Waals surface area contributed by atoms with Crippen molar-refractivity contribution in [3.8, 4) is 6.07 Å². The van der Waals surface area contributed by atoms with Gasteiger partial charge < -0.3 is 0 Å². The Balaban J connectivity index is 2.17. The first kappa shape index (κ1) is 13.2. The zero-order valence-corrected chi connectivity index (χ0v) is 13.4. The standard InChI is InChI=1S/C12H7Br2NS2/c13-8-2-1-3-9(5-4-8)16-11-6-10(7-15)17-12(11)14/h1-4,6H,5H2. The van der Waals surface area contributed by atoms with E-state index in [-0.39, 0.29) is 0 Å². The minimum Gasteiger partial charge on any atom is -0.192 e. The van der Waals surface area contributed by atoms with Gasteiger partial charge in [-0.3, -0.25) is 0 Å². The lowest BCUT2D eigenvalue weighted by Crippen LogP contribution is -1.74. The normalized spacial score (nSPS) is 14.9. The molecular formula is C12H7Br2NS2. The van der Waals surface area contributed by atoms with E-state index in [0.717, 1.165) is 24.5 Å². The topological polar surface area (TPSA) is 23.8 Å². The molecule has 0 radical (unpaired) electrons. The van der Waals surface area contributed by atoms with Gasteiger partial charge in [-0.1, -0.05) is 45.9 Å². The molecule has 0 amide bonds. The molecule has 0 unspecified atom stereocenters. The number of hydrogen-bond donors (Lipinski definition) is 0. The highest BCUT2D eigenvalue weighted by Gasteiger charge is 2.09. The number of allylic oxidation sites excluding steroid dienone is 6. The number of thioether (sulfide) groups is 1. The van der Waals surface area contributed by atoms with Crippen LogP contribution in [-0.2, 0) is 0 Å². The molecule has 0 N–H and O–H groups in total. The molecule has 0 saturated heterocycles. The van der Waals surface area contributed by atoms with Crippen LogP contribution in [0.1, 0.15) is 11.3 Å². The molecule has 0 aromatic carbocycles. The molecule has 1 heterocycles. The molecule has 0 fully saturated rings. The Labute approximate surface area is 125 Å². The third kappa shape index (κ3) is 3.59. The van der Waals surface area contributed by atoms with E-state index in [0.29, 0.717) is 0 Å². The molecule has 1 aromatic rings. The van der Waals surface area contributed by atoms with Crippen molar-refractivity contribution in [2.75, 3.05) is 0 Å². The van der Waals surface area contributed by atoms with Crippen LogP contribution in [-0.4, -0.2) is 0 Å². The summed E-state index contributed by atoms with van der Waals surface area (Å²) in [6.45, 7) is 0. The van der Waals surface area contributed by atoms with Crippen molar-refractivity contribution in [3.05, 3.63) is 48.4 Å². The van der Waals surface area contributed by atoms with E-state index in [1.54, 1.807) is 11.8 Å². The summed E-state index contributed by atoms with van der Waals surface area (Å²) in [4.78, 5) is 3.11. The van der Waals surface area contributed by atoms with Crippen molar-refractivity contribution < 1.29 is 0 Å². The zero-order valence-electron chi connectivity index (χ0n) is 8.61. The second-order valence-corrected chi connectivity index (χ2v) is 7.70. The molecule has 1 aliphatic carbocycles. The summed E-state index contributed by atoms with van der Waals surface area (Å²) in [6, 6.07) is 4.09. The number of nitriles is 1. The Bertz CT molecular complexity index is 559. The van der Waals surface area contributed by atoms with E-state index in [1.807, 2.05) is 18.2 Å². The van der Waals surface area contributed by atoms with Crippen LogP contribution in [0.4, 0.5) is 0 Å². The van der Waals surface area contributed by atoms with Gasteiger partial charge >= 0.3 is 0 Å². The van der Waals surface area contributed by atoms with Gasteiger partial charge in [-0.2, -0.15) is 5.26 Å². The minimum absolute atomic E-state index is 0.737. The van der Waals surface area contributed by atoms with Gasteiger partial charge in [-0.05, 0) is 39.4 Å². The highest BCUT2D eigenvalue weighted by molar-refractivity contribution is 9.12. The van der Waals surface area contributed by atoms with Crippen molar-refractivity contribution >= 4 is 55.0 Å². The second-order valence-electron chi connectivity index (χ2n) is 3.25. The number of nitrogens with zero attached hydrogens (tertiary/aromatic N) is 1. The quantitative estimate of drug-likeness (QED) is 0.658. The SMILES string of the molecule is N#Cc1cc(SC2=CC=CC(Br)=CC2)c(Br)s1. The highest BCUT2D eigenvalue weighted by Crippen LogP contribution is 2.40. The molecule has 17 heavy (non-hydrogen) atoms. The van der Waals surface area contributed by atoms with E-state index < -0.39 is 0 Å². The summed E-state index contributed by atoms with van der Waals surface area (Å²) in [5, 5.41) is 8.85. The molecule has 2 rings (SSSR count). The lowest BCUT2D eigenvalue weighted by Gasteiger charge is -2.01. The van der Waals surface area contributed by atoms with Crippen LogP contribution >= 0.6 is 55.0 Å². The Kier molecular flexibility index (Phi) is 4.69. The Hall–Kier alpha value is -0.280. The average molecular weight is 389 g/mol. The number of rotatable bonds is 2. The monoisotopic (exact) mass is 387 g/mol. The number of halogens is 2. The molecule has 1 aliphatic rings. The van der Waals surface area contributed by atoms with Gasteiger partial charge in [0.25, 0.3) is 0 Å². The number of hydrogen-bond acceptors (Lipinski definition) is 3. The van der Waals surface area contributed by atoms with E-state index >= 15 is 0 Å². The zero-order chi connectivity index (χ0) is 12.3. The van der Waals surface area contributed by atoms with Crippen molar-refractivity contribution in [3.63, 3.8) is 0 Å². The predicted octanol–water partition coefficient (Wildman–Crippen LogP) is 5.60. The summed E-state index contributed by atoms with van der Waals surface area (Å²) in [5.41, 5.74) is 0. The summed E-state index contributed by atoms with van der Waals surface area (Å²) in [6.07, 6.45) is 9.19. The van der Waals surface area contributed by atoms with Crippen LogP contribution < -0.4 is 0 Å². The van der Waals surface area contributed by atoms with Gasteiger partial charge in [0, 0.05) is 9.38 Å². The molecular weight excluding hydrogens is 382 g/mol. The van der Waals surface area contributed by atoms with Gasteiger partial charge in [-0.15, -0.1) is 11.3 Å². The average Bonchev–Trinajstić information content (AvgIpc) is 2.53. The number of thiophene rings is 1. The van der Waals surface area contributed by atoms with Gasteiger partial charge in [-0.25, -0.2) is 0 Å². The minimum atomic E-state index is 0.737. The van der Waals surface area contributed by atoms with Gasteiger partial charge in [0.1, 0.15) is 10.9 Å². The van der Waals surface area contributed by atoms with Crippen molar-refractivity contribution in [2.24, 2.45) is 0 Å². The first-order valence-corrected chi connectivity index (χ1v) is 8.01. The van der Waals surface area contributed by atoms with Gasteiger partial charge in [0.05, 0.1) is 3.79 Å². The van der Waals surface area contributed by atoms with Crippen molar-refractivity contribution in [1.82, 2.24) is 0 Å². The molecule has 0 saturated carbocycles. The third-order valence-corrected chi connectivity index (χ3v) is 5.87. The lowest BCUT2D eigenvalue weighted by atomic mass is 10.4. The fraction of sp³-hybridized carbons (Fsp3) is 0.0833. The second kappa shape index (κ2) is 6.05. The summed E-state index contributed by atoms with van der Waals surface area (Å²) >= 11 is 10.1. The van der Waals surface area contributed by atoms with E-state index in [9.17, 15) is 0 Å². The smallest absolute Gasteiger partial charge is 0.110 e. The predicted molar refractivity (Wildman–Crippen MR) is 81.4 cm³/mol. The van der Waals surface area contributed by atoms with Crippen molar-refractivity contribution in [1.29, 1.82) is 5.26 Å². The molecule has 0 aliphatic heterocycles. The maximum Gasteiger partial charge on any atom is 0.110 e. The van der Waals surface area contributed by atoms with Crippen LogP contribution in [0, 0.1) is 11.3 Å². The Morgan fingerprint density at radius 1 is 1.41 bits per heavy atom. The summed E-state index contributed by atoms with van der Waals surface area (Å²) in [7, 11) is 0. The Morgan fingerprint density at radius 2 is 2.24 bits per heavy atom. The highest BCUT2D eigenvalue weighted by atomic mass is 79.9. The summed E-state index contributed by atoms with van der Waals surface area (Å²) in [5.74, 6) is 0. The third-order valence-electron chi connectivity index (χ3n) is 2.04. The van der Waals surface area contributed by atoms with Crippen LogP contribution in [0.5, 0.6) is 0 Å². The molecule has 0 atom stereocenters. The first-order chi connectivity index (χ1) is 8.19. The van der Waals surface area contributed by atoms with E-state index in [1.165, 1.54) is 16.2 Å². The van der Waals surface area contributed by atoms with Crippen LogP contribution in [0.2, 0.25) is 0 Å². The molecule has 1 aromatic heterocycles. The Morgan fingerprint density at radius 3 is 2.94 bits per heavy atom. The fourth-order valence-electron chi connectivity index (χ4n) is 1.28. The van der Waals surface area contributed by atoms with Crippen LogP contribution in [0.25, 0.3) is 0 Å². The van der Waals surface area contributed by atoms with E-state index in [4.69, 9.17) is 5.26 Å². The fourth-order valence-corrected chi connectivity index (χ4v) is 4.22. The lowest BCUT2D eigenvalue weighted by molar-refractivity contribution is 1.36. The first-order valence-electron chi connectivity index (χ1n) is 4.79. The van der Waals surface area contributed by atoms with Crippen LogP contribution in [0.15, 0.2) is 48.4 Å². The van der Waals surface area contributed by atoms with E-state index in [2.05, 4.69) is 50.1 Å². The largest absolute Gasteiger partial charge is 0.192 e.